The normalized spacial score (nSPS) is 18.4. The molecule has 0 aliphatic carbocycles. The van der Waals surface area contributed by atoms with Crippen molar-refractivity contribution in [1.82, 2.24) is 15.5 Å². The molecule has 1 aromatic carbocycles. The zero-order valence-corrected chi connectivity index (χ0v) is 17.5. The first-order valence-electron chi connectivity index (χ1n) is 9.95. The number of likely N-dealkylation sites (tertiary alicyclic amines) is 1. The van der Waals surface area contributed by atoms with Gasteiger partial charge in [-0.1, -0.05) is 43.3 Å². The summed E-state index contributed by atoms with van der Waals surface area (Å²) in [6.45, 7) is 5.44. The number of hydrogen-bond acceptors (Lipinski definition) is 3. The average molecular weight is 399 g/mol. The zero-order chi connectivity index (χ0) is 19.8. The standard InChI is InChI=1S/C22H30N4OS/c1-17(20-9-6-12-28-20)14-24-22(23-2)25-15-19-13-21(27)26(16-19)11-10-18-7-4-3-5-8-18/h3-9,12,17,19H,10-11,13-16H2,1-2H3,(H2,23,24,25). The molecular formula is C22H30N4OS. The third-order valence-electron chi connectivity index (χ3n) is 5.19. The van der Waals surface area contributed by atoms with Crippen LogP contribution in [0.15, 0.2) is 52.8 Å². The van der Waals surface area contributed by atoms with Gasteiger partial charge in [0.1, 0.15) is 0 Å². The Morgan fingerprint density at radius 1 is 1.25 bits per heavy atom. The van der Waals surface area contributed by atoms with Crippen LogP contribution < -0.4 is 10.6 Å². The number of aliphatic imine (C=N–C) groups is 1. The fourth-order valence-corrected chi connectivity index (χ4v) is 4.29. The van der Waals surface area contributed by atoms with Crippen molar-refractivity contribution in [3.05, 3.63) is 58.3 Å². The van der Waals surface area contributed by atoms with Crippen LogP contribution in [0.4, 0.5) is 0 Å². The number of thiophene rings is 1. The molecule has 2 unspecified atom stereocenters. The Kier molecular flexibility index (Phi) is 7.48. The molecule has 1 saturated heterocycles. The van der Waals surface area contributed by atoms with Gasteiger partial charge >= 0.3 is 0 Å². The van der Waals surface area contributed by atoms with Crippen molar-refractivity contribution >= 4 is 23.2 Å². The molecule has 2 heterocycles. The molecule has 0 radical (unpaired) electrons. The second-order valence-corrected chi connectivity index (χ2v) is 8.38. The van der Waals surface area contributed by atoms with Crippen molar-refractivity contribution in [3.63, 3.8) is 0 Å². The molecule has 1 fully saturated rings. The number of carbonyl (C=O) groups is 1. The number of guanidine groups is 1. The largest absolute Gasteiger partial charge is 0.356 e. The molecule has 150 valence electrons. The van der Waals surface area contributed by atoms with E-state index in [0.29, 0.717) is 18.3 Å². The summed E-state index contributed by atoms with van der Waals surface area (Å²) in [5, 5.41) is 8.90. The van der Waals surface area contributed by atoms with Gasteiger partial charge in [0.2, 0.25) is 5.91 Å². The molecule has 0 spiro atoms. The fraction of sp³-hybridized carbons (Fsp3) is 0.455. The van der Waals surface area contributed by atoms with Crippen molar-refractivity contribution in [1.29, 1.82) is 0 Å². The molecule has 28 heavy (non-hydrogen) atoms. The van der Waals surface area contributed by atoms with Crippen molar-refractivity contribution < 1.29 is 4.79 Å². The van der Waals surface area contributed by atoms with E-state index in [1.165, 1.54) is 10.4 Å². The van der Waals surface area contributed by atoms with E-state index in [1.54, 1.807) is 18.4 Å². The fourth-order valence-electron chi connectivity index (χ4n) is 3.50. The van der Waals surface area contributed by atoms with Crippen LogP contribution in [0.2, 0.25) is 0 Å². The molecule has 5 nitrogen and oxygen atoms in total. The summed E-state index contributed by atoms with van der Waals surface area (Å²) in [4.78, 5) is 20.0. The van der Waals surface area contributed by atoms with E-state index in [4.69, 9.17) is 0 Å². The molecule has 2 aromatic rings. The van der Waals surface area contributed by atoms with Crippen LogP contribution >= 0.6 is 11.3 Å². The van der Waals surface area contributed by atoms with E-state index >= 15 is 0 Å². The molecule has 0 saturated carbocycles. The van der Waals surface area contributed by atoms with Gasteiger partial charge in [0.15, 0.2) is 5.96 Å². The van der Waals surface area contributed by atoms with Gasteiger partial charge < -0.3 is 15.5 Å². The van der Waals surface area contributed by atoms with Crippen molar-refractivity contribution in [3.8, 4) is 0 Å². The molecule has 2 atom stereocenters. The third kappa shape index (κ3) is 5.83. The summed E-state index contributed by atoms with van der Waals surface area (Å²) in [5.74, 6) is 1.84. The van der Waals surface area contributed by atoms with E-state index in [2.05, 4.69) is 52.2 Å². The Morgan fingerprint density at radius 3 is 2.79 bits per heavy atom. The molecule has 0 bridgehead atoms. The van der Waals surface area contributed by atoms with Crippen LogP contribution in [-0.4, -0.2) is 50.0 Å². The number of rotatable bonds is 8. The molecule has 1 aliphatic rings. The number of nitrogens with one attached hydrogen (secondary N) is 2. The van der Waals surface area contributed by atoms with Gasteiger partial charge in [-0.25, -0.2) is 0 Å². The Hall–Kier alpha value is -2.34. The van der Waals surface area contributed by atoms with E-state index in [0.717, 1.165) is 38.6 Å². The average Bonchev–Trinajstić information content (AvgIpc) is 3.37. The van der Waals surface area contributed by atoms with Crippen LogP contribution in [0.1, 0.15) is 29.7 Å². The highest BCUT2D eigenvalue weighted by Gasteiger charge is 2.29. The predicted octanol–water partition coefficient (Wildman–Crippen LogP) is 3.11. The van der Waals surface area contributed by atoms with Crippen molar-refractivity contribution in [2.75, 3.05) is 33.2 Å². The molecule has 1 aliphatic heterocycles. The Labute approximate surface area is 171 Å². The highest BCUT2D eigenvalue weighted by Crippen LogP contribution is 2.20. The van der Waals surface area contributed by atoms with Crippen LogP contribution in [0.3, 0.4) is 0 Å². The van der Waals surface area contributed by atoms with Gasteiger partial charge in [-0.15, -0.1) is 11.3 Å². The zero-order valence-electron chi connectivity index (χ0n) is 16.7. The minimum Gasteiger partial charge on any atom is -0.356 e. The van der Waals surface area contributed by atoms with Gasteiger partial charge in [-0.3, -0.25) is 9.79 Å². The molecule has 3 rings (SSSR count). The van der Waals surface area contributed by atoms with E-state index in [9.17, 15) is 4.79 Å². The van der Waals surface area contributed by atoms with Gasteiger partial charge in [-0.2, -0.15) is 0 Å². The van der Waals surface area contributed by atoms with Gasteiger partial charge in [0.05, 0.1) is 0 Å². The maximum Gasteiger partial charge on any atom is 0.223 e. The summed E-state index contributed by atoms with van der Waals surface area (Å²) in [6, 6.07) is 14.6. The molecular weight excluding hydrogens is 368 g/mol. The van der Waals surface area contributed by atoms with Gasteiger partial charge in [-0.05, 0) is 23.4 Å². The van der Waals surface area contributed by atoms with Crippen LogP contribution in [0, 0.1) is 5.92 Å². The number of hydrogen-bond donors (Lipinski definition) is 2. The predicted molar refractivity (Wildman–Crippen MR) is 117 cm³/mol. The van der Waals surface area contributed by atoms with E-state index in [-0.39, 0.29) is 5.91 Å². The topological polar surface area (TPSA) is 56.7 Å². The minimum absolute atomic E-state index is 0.261. The smallest absolute Gasteiger partial charge is 0.223 e. The second kappa shape index (κ2) is 10.3. The highest BCUT2D eigenvalue weighted by molar-refractivity contribution is 7.10. The monoisotopic (exact) mass is 398 g/mol. The van der Waals surface area contributed by atoms with Crippen LogP contribution in [0.5, 0.6) is 0 Å². The summed E-state index contributed by atoms with van der Waals surface area (Å²) >= 11 is 1.78. The SMILES string of the molecule is CN=C(NCC1CC(=O)N(CCc2ccccc2)C1)NCC(C)c1cccs1. The number of carbonyl (C=O) groups excluding carboxylic acids is 1. The number of benzene rings is 1. The summed E-state index contributed by atoms with van der Waals surface area (Å²) in [7, 11) is 1.79. The van der Waals surface area contributed by atoms with Crippen molar-refractivity contribution in [2.45, 2.75) is 25.7 Å². The highest BCUT2D eigenvalue weighted by atomic mass is 32.1. The lowest BCUT2D eigenvalue weighted by atomic mass is 10.1. The molecule has 6 heteroatoms. The van der Waals surface area contributed by atoms with Crippen molar-refractivity contribution in [2.24, 2.45) is 10.9 Å². The lowest BCUT2D eigenvalue weighted by Crippen LogP contribution is -2.41. The number of amides is 1. The summed E-state index contributed by atoms with van der Waals surface area (Å²) in [6.07, 6.45) is 1.53. The van der Waals surface area contributed by atoms with Gasteiger partial charge in [0.25, 0.3) is 0 Å². The van der Waals surface area contributed by atoms with Gasteiger partial charge in [0, 0.05) is 56.4 Å². The molecule has 1 amide bonds. The maximum atomic E-state index is 12.3. The lowest BCUT2D eigenvalue weighted by molar-refractivity contribution is -0.127. The maximum absolute atomic E-state index is 12.3. The quantitative estimate of drug-likeness (QED) is 0.531. The van der Waals surface area contributed by atoms with E-state index in [1.807, 2.05) is 23.1 Å². The first-order chi connectivity index (χ1) is 13.7. The van der Waals surface area contributed by atoms with Crippen LogP contribution in [0.25, 0.3) is 0 Å². The first kappa shape index (κ1) is 20.4. The van der Waals surface area contributed by atoms with E-state index < -0.39 is 0 Å². The minimum atomic E-state index is 0.261. The Bertz CT molecular complexity index is 760. The second-order valence-electron chi connectivity index (χ2n) is 7.40. The van der Waals surface area contributed by atoms with Crippen LogP contribution in [-0.2, 0) is 11.2 Å². The molecule has 2 N–H and O–H groups in total. The third-order valence-corrected chi connectivity index (χ3v) is 6.30. The molecule has 1 aromatic heterocycles. The summed E-state index contributed by atoms with van der Waals surface area (Å²) in [5.41, 5.74) is 1.28. The Morgan fingerprint density at radius 2 is 2.07 bits per heavy atom. The number of nitrogens with zero attached hydrogens (tertiary/aromatic N) is 2. The first-order valence-corrected chi connectivity index (χ1v) is 10.8. The summed E-state index contributed by atoms with van der Waals surface area (Å²) < 4.78 is 0. The lowest BCUT2D eigenvalue weighted by Gasteiger charge is -2.18. The Balaban J connectivity index is 1.39.